The van der Waals surface area contributed by atoms with Gasteiger partial charge >= 0.3 is 0 Å². The monoisotopic (exact) mass is 244 g/mol. The Bertz CT molecular complexity index is 228. The summed E-state index contributed by atoms with van der Waals surface area (Å²) in [6, 6.07) is -0.0641. The van der Waals surface area contributed by atoms with Crippen molar-refractivity contribution in [3.05, 3.63) is 0 Å². The van der Waals surface area contributed by atoms with Gasteiger partial charge in [0.15, 0.2) is 0 Å². The molecule has 1 aliphatic heterocycles. The van der Waals surface area contributed by atoms with E-state index in [0.717, 1.165) is 25.9 Å². The zero-order valence-electron chi connectivity index (χ0n) is 10.8. The summed E-state index contributed by atoms with van der Waals surface area (Å²) in [6.07, 6.45) is 2.50. The van der Waals surface area contributed by atoms with Crippen molar-refractivity contribution in [1.82, 2.24) is 10.2 Å². The standard InChI is InChI=1S/C12H24N2O3/c1-3-13-11-5-4-7-14(12(11)16)10(6-8-15)9-17-2/h10-11,13,15H,3-9H2,1-2H3. The molecule has 1 fully saturated rings. The average Bonchev–Trinajstić information content (AvgIpc) is 2.32. The van der Waals surface area contributed by atoms with Gasteiger partial charge in [-0.1, -0.05) is 6.92 Å². The second-order valence-corrected chi connectivity index (χ2v) is 4.41. The number of hydrogen-bond donors (Lipinski definition) is 2. The molecule has 2 atom stereocenters. The number of aliphatic hydroxyl groups excluding tert-OH is 1. The number of rotatable bonds is 7. The number of methoxy groups -OCH3 is 1. The summed E-state index contributed by atoms with van der Waals surface area (Å²) in [5, 5.41) is 12.2. The molecule has 0 radical (unpaired) electrons. The van der Waals surface area contributed by atoms with Crippen LogP contribution in [0.5, 0.6) is 0 Å². The van der Waals surface area contributed by atoms with Crippen LogP contribution < -0.4 is 5.32 Å². The highest BCUT2D eigenvalue weighted by molar-refractivity contribution is 5.82. The molecule has 5 nitrogen and oxygen atoms in total. The van der Waals surface area contributed by atoms with E-state index in [0.29, 0.717) is 13.0 Å². The number of nitrogens with zero attached hydrogens (tertiary/aromatic N) is 1. The number of amides is 1. The number of ether oxygens (including phenoxy) is 1. The van der Waals surface area contributed by atoms with E-state index >= 15 is 0 Å². The molecule has 1 heterocycles. The third-order valence-electron chi connectivity index (χ3n) is 3.19. The molecule has 0 aromatic carbocycles. The van der Waals surface area contributed by atoms with Crippen LogP contribution >= 0.6 is 0 Å². The molecule has 2 unspecified atom stereocenters. The summed E-state index contributed by atoms with van der Waals surface area (Å²) in [7, 11) is 1.63. The Morgan fingerprint density at radius 3 is 3.00 bits per heavy atom. The molecule has 0 aromatic rings. The van der Waals surface area contributed by atoms with Crippen molar-refractivity contribution in [3.63, 3.8) is 0 Å². The smallest absolute Gasteiger partial charge is 0.240 e. The molecule has 0 aliphatic carbocycles. The van der Waals surface area contributed by atoms with E-state index in [1.165, 1.54) is 0 Å². The first-order chi connectivity index (χ1) is 8.24. The van der Waals surface area contributed by atoms with Crippen LogP contribution in [0.15, 0.2) is 0 Å². The van der Waals surface area contributed by atoms with Crippen molar-refractivity contribution >= 4 is 5.91 Å². The van der Waals surface area contributed by atoms with Crippen LogP contribution in [0.25, 0.3) is 0 Å². The van der Waals surface area contributed by atoms with Crippen molar-refractivity contribution in [3.8, 4) is 0 Å². The molecule has 0 saturated carbocycles. The first kappa shape index (κ1) is 14.4. The Kier molecular flexibility index (Phi) is 6.47. The Hall–Kier alpha value is -0.650. The number of likely N-dealkylation sites (N-methyl/N-ethyl adjacent to an activating group) is 1. The third-order valence-corrected chi connectivity index (χ3v) is 3.19. The predicted octanol–water partition coefficient (Wildman–Crippen LogP) is -0.0157. The van der Waals surface area contributed by atoms with E-state index in [1.807, 2.05) is 11.8 Å². The Morgan fingerprint density at radius 1 is 1.65 bits per heavy atom. The third kappa shape index (κ3) is 3.94. The molecule has 0 bridgehead atoms. The van der Waals surface area contributed by atoms with Crippen molar-refractivity contribution < 1.29 is 14.6 Å². The first-order valence-electron chi connectivity index (χ1n) is 6.38. The second kappa shape index (κ2) is 7.63. The molecular weight excluding hydrogens is 220 g/mol. The number of hydrogen-bond acceptors (Lipinski definition) is 4. The van der Waals surface area contributed by atoms with E-state index in [-0.39, 0.29) is 24.6 Å². The lowest BCUT2D eigenvalue weighted by Crippen LogP contribution is -2.55. The summed E-state index contributed by atoms with van der Waals surface area (Å²) in [6.45, 7) is 4.16. The fraction of sp³-hybridized carbons (Fsp3) is 0.917. The van der Waals surface area contributed by atoms with Gasteiger partial charge in [-0.15, -0.1) is 0 Å². The van der Waals surface area contributed by atoms with Crippen molar-refractivity contribution in [2.75, 3.05) is 33.4 Å². The molecular formula is C12H24N2O3. The number of nitrogens with one attached hydrogen (secondary N) is 1. The molecule has 100 valence electrons. The fourth-order valence-electron chi connectivity index (χ4n) is 2.37. The minimum absolute atomic E-state index is 0.000967. The van der Waals surface area contributed by atoms with Gasteiger partial charge in [0.2, 0.25) is 5.91 Å². The topological polar surface area (TPSA) is 61.8 Å². The quantitative estimate of drug-likeness (QED) is 0.661. The molecule has 1 aliphatic rings. The second-order valence-electron chi connectivity index (χ2n) is 4.41. The van der Waals surface area contributed by atoms with Crippen molar-refractivity contribution in [2.45, 2.75) is 38.3 Å². The van der Waals surface area contributed by atoms with Crippen LogP contribution in [-0.2, 0) is 9.53 Å². The SMILES string of the molecule is CCNC1CCCN(C(CCO)COC)C1=O. The van der Waals surface area contributed by atoms with Crippen LogP contribution in [0.1, 0.15) is 26.2 Å². The highest BCUT2D eigenvalue weighted by Crippen LogP contribution is 2.16. The van der Waals surface area contributed by atoms with Gasteiger partial charge in [-0.2, -0.15) is 0 Å². The predicted molar refractivity (Wildman–Crippen MR) is 65.8 cm³/mol. The lowest BCUT2D eigenvalue weighted by molar-refractivity contribution is -0.140. The van der Waals surface area contributed by atoms with Gasteiger partial charge in [-0.25, -0.2) is 0 Å². The first-order valence-corrected chi connectivity index (χ1v) is 6.38. The molecule has 1 saturated heterocycles. The van der Waals surface area contributed by atoms with Gasteiger partial charge in [-0.3, -0.25) is 4.79 Å². The van der Waals surface area contributed by atoms with E-state index in [4.69, 9.17) is 9.84 Å². The van der Waals surface area contributed by atoms with Gasteiger partial charge in [0.25, 0.3) is 0 Å². The van der Waals surface area contributed by atoms with Gasteiger partial charge < -0.3 is 20.1 Å². The summed E-state index contributed by atoms with van der Waals surface area (Å²) in [5.74, 6) is 0.147. The lowest BCUT2D eigenvalue weighted by atomic mass is 10.0. The molecule has 0 spiro atoms. The zero-order chi connectivity index (χ0) is 12.7. The van der Waals surface area contributed by atoms with Crippen LogP contribution in [0, 0.1) is 0 Å². The highest BCUT2D eigenvalue weighted by atomic mass is 16.5. The molecule has 2 N–H and O–H groups in total. The van der Waals surface area contributed by atoms with E-state index < -0.39 is 0 Å². The number of piperidine rings is 1. The van der Waals surface area contributed by atoms with Crippen LogP contribution in [-0.4, -0.2) is 61.4 Å². The average molecular weight is 244 g/mol. The maximum absolute atomic E-state index is 12.2. The number of carbonyl (C=O) groups excluding carboxylic acids is 1. The molecule has 5 heteroatoms. The van der Waals surface area contributed by atoms with Gasteiger partial charge in [-0.05, 0) is 25.8 Å². The van der Waals surface area contributed by atoms with Crippen molar-refractivity contribution in [1.29, 1.82) is 0 Å². The lowest BCUT2D eigenvalue weighted by Gasteiger charge is -2.38. The Labute approximate surface area is 103 Å². The fourth-order valence-corrected chi connectivity index (χ4v) is 2.37. The van der Waals surface area contributed by atoms with E-state index in [1.54, 1.807) is 7.11 Å². The maximum Gasteiger partial charge on any atom is 0.240 e. The largest absolute Gasteiger partial charge is 0.396 e. The minimum atomic E-state index is -0.0631. The number of aliphatic hydroxyl groups is 1. The zero-order valence-corrected chi connectivity index (χ0v) is 10.8. The van der Waals surface area contributed by atoms with Crippen molar-refractivity contribution in [2.24, 2.45) is 0 Å². The van der Waals surface area contributed by atoms with E-state index in [2.05, 4.69) is 5.32 Å². The number of likely N-dealkylation sites (tertiary alicyclic amines) is 1. The maximum atomic E-state index is 12.2. The van der Waals surface area contributed by atoms with Gasteiger partial charge in [0.1, 0.15) is 0 Å². The van der Waals surface area contributed by atoms with Crippen LogP contribution in [0.4, 0.5) is 0 Å². The molecule has 1 amide bonds. The highest BCUT2D eigenvalue weighted by Gasteiger charge is 2.32. The summed E-state index contributed by atoms with van der Waals surface area (Å²) in [5.41, 5.74) is 0. The molecule has 1 rings (SSSR count). The summed E-state index contributed by atoms with van der Waals surface area (Å²) in [4.78, 5) is 14.1. The molecule has 0 aromatic heterocycles. The minimum Gasteiger partial charge on any atom is -0.396 e. The Balaban J connectivity index is 2.62. The number of carbonyl (C=O) groups is 1. The van der Waals surface area contributed by atoms with Crippen LogP contribution in [0.3, 0.4) is 0 Å². The van der Waals surface area contributed by atoms with E-state index in [9.17, 15) is 4.79 Å². The molecule has 17 heavy (non-hydrogen) atoms. The van der Waals surface area contributed by atoms with Crippen LogP contribution in [0.2, 0.25) is 0 Å². The normalized spacial score (nSPS) is 22.9. The Morgan fingerprint density at radius 2 is 2.41 bits per heavy atom. The summed E-state index contributed by atoms with van der Waals surface area (Å²) >= 11 is 0. The van der Waals surface area contributed by atoms with Gasteiger partial charge in [0.05, 0.1) is 18.7 Å². The van der Waals surface area contributed by atoms with Gasteiger partial charge in [0, 0.05) is 20.3 Å². The summed E-state index contributed by atoms with van der Waals surface area (Å²) < 4.78 is 5.13.